The average molecular weight is 378 g/mol. The normalized spacial score (nSPS) is 12.3. The minimum Gasteiger partial charge on any atom is -0.495 e. The van der Waals surface area contributed by atoms with Crippen molar-refractivity contribution in [3.63, 3.8) is 0 Å². The van der Waals surface area contributed by atoms with Gasteiger partial charge in [0.05, 0.1) is 24.3 Å². The topological polar surface area (TPSA) is 93.7 Å². The Labute approximate surface area is 153 Å². The number of ether oxygens (including phenoxy) is 2. The lowest BCUT2D eigenvalue weighted by molar-refractivity contribution is 0.168. The van der Waals surface area contributed by atoms with Crippen molar-refractivity contribution in [2.45, 2.75) is 24.8 Å². The summed E-state index contributed by atoms with van der Waals surface area (Å²) in [5.74, 6) is 0.327. The Morgan fingerprint density at radius 2 is 1.85 bits per heavy atom. The summed E-state index contributed by atoms with van der Waals surface area (Å²) in [4.78, 5) is 11.7. The molecule has 0 aromatic heterocycles. The fourth-order valence-corrected chi connectivity index (χ4v) is 3.60. The third kappa shape index (κ3) is 4.96. The van der Waals surface area contributed by atoms with Gasteiger partial charge >= 0.3 is 6.09 Å². The molecule has 0 saturated heterocycles. The van der Waals surface area contributed by atoms with Gasteiger partial charge in [-0.1, -0.05) is 30.3 Å². The van der Waals surface area contributed by atoms with E-state index in [-0.39, 0.29) is 17.2 Å². The molecule has 0 spiro atoms. The predicted octanol–water partition coefficient (Wildman–Crippen LogP) is 3.30. The Morgan fingerprint density at radius 1 is 1.15 bits per heavy atom. The highest BCUT2D eigenvalue weighted by Gasteiger charge is 2.20. The Bertz CT molecular complexity index is 853. The SMILES string of the molecule is CCOC(=O)Nc1cc(S(=O)(=O)N[C@@H](C)c2ccccc2)ccc1OC. The van der Waals surface area contributed by atoms with Gasteiger partial charge < -0.3 is 9.47 Å². The molecule has 0 heterocycles. The standard InChI is InChI=1S/C18H22N2O5S/c1-4-25-18(21)19-16-12-15(10-11-17(16)24-3)26(22,23)20-13(2)14-8-6-5-7-9-14/h5-13,20H,4H2,1-3H3,(H,19,21)/t13-/m0/s1. The first-order valence-corrected chi connectivity index (χ1v) is 9.54. The molecular formula is C18H22N2O5S. The summed E-state index contributed by atoms with van der Waals surface area (Å²) in [6.45, 7) is 3.63. The van der Waals surface area contributed by atoms with Gasteiger partial charge in [0.2, 0.25) is 10.0 Å². The van der Waals surface area contributed by atoms with E-state index in [2.05, 4.69) is 10.0 Å². The molecule has 0 bridgehead atoms. The van der Waals surface area contributed by atoms with Crippen LogP contribution in [0, 0.1) is 0 Å². The number of sulfonamides is 1. The summed E-state index contributed by atoms with van der Waals surface area (Å²) in [5.41, 5.74) is 1.05. The largest absolute Gasteiger partial charge is 0.495 e. The number of hydrogen-bond donors (Lipinski definition) is 2. The van der Waals surface area contributed by atoms with Crippen LogP contribution in [0.15, 0.2) is 53.4 Å². The van der Waals surface area contributed by atoms with Crippen LogP contribution in [0.25, 0.3) is 0 Å². The highest BCUT2D eigenvalue weighted by Crippen LogP contribution is 2.28. The summed E-state index contributed by atoms with van der Waals surface area (Å²) < 4.78 is 38.0. The van der Waals surface area contributed by atoms with Gasteiger partial charge in [-0.25, -0.2) is 17.9 Å². The maximum Gasteiger partial charge on any atom is 0.411 e. The zero-order valence-electron chi connectivity index (χ0n) is 14.9. The number of methoxy groups -OCH3 is 1. The van der Waals surface area contributed by atoms with Crippen LogP contribution < -0.4 is 14.8 Å². The van der Waals surface area contributed by atoms with Crippen molar-refractivity contribution in [2.24, 2.45) is 0 Å². The van der Waals surface area contributed by atoms with E-state index in [4.69, 9.17) is 9.47 Å². The monoisotopic (exact) mass is 378 g/mol. The molecule has 2 aromatic rings. The van der Waals surface area contributed by atoms with Crippen LogP contribution in [-0.4, -0.2) is 28.2 Å². The van der Waals surface area contributed by atoms with Crippen molar-refractivity contribution in [1.29, 1.82) is 0 Å². The lowest BCUT2D eigenvalue weighted by atomic mass is 10.1. The van der Waals surface area contributed by atoms with Crippen molar-refractivity contribution in [2.75, 3.05) is 19.0 Å². The molecule has 0 saturated carbocycles. The summed E-state index contributed by atoms with van der Waals surface area (Å²) in [6.07, 6.45) is -0.689. The molecule has 2 aromatic carbocycles. The number of hydrogen-bond acceptors (Lipinski definition) is 5. The van der Waals surface area contributed by atoms with Crippen molar-refractivity contribution in [3.8, 4) is 5.75 Å². The van der Waals surface area contributed by atoms with E-state index >= 15 is 0 Å². The fraction of sp³-hybridized carbons (Fsp3) is 0.278. The Kier molecular flexibility index (Phi) is 6.59. The lowest BCUT2D eigenvalue weighted by Gasteiger charge is -2.16. The maximum atomic E-state index is 12.7. The second-order valence-corrected chi connectivity index (χ2v) is 7.18. The quantitative estimate of drug-likeness (QED) is 0.771. The van der Waals surface area contributed by atoms with Crippen LogP contribution in [-0.2, 0) is 14.8 Å². The maximum absolute atomic E-state index is 12.7. The molecule has 1 amide bonds. The van der Waals surface area contributed by atoms with Gasteiger partial charge in [-0.15, -0.1) is 0 Å². The summed E-state index contributed by atoms with van der Waals surface area (Å²) in [7, 11) is -2.37. The molecule has 0 fully saturated rings. The van der Waals surface area contributed by atoms with Crippen LogP contribution >= 0.6 is 0 Å². The molecule has 0 radical (unpaired) electrons. The van der Waals surface area contributed by atoms with Gasteiger partial charge in [0.25, 0.3) is 0 Å². The molecule has 7 nitrogen and oxygen atoms in total. The molecule has 140 valence electrons. The van der Waals surface area contributed by atoms with Crippen molar-refractivity contribution >= 4 is 21.8 Å². The Hall–Kier alpha value is -2.58. The van der Waals surface area contributed by atoms with E-state index in [1.807, 2.05) is 30.3 Å². The Balaban J connectivity index is 2.27. The molecule has 2 rings (SSSR count). The number of benzene rings is 2. The molecule has 8 heteroatoms. The third-order valence-corrected chi connectivity index (χ3v) is 5.16. The van der Waals surface area contributed by atoms with Crippen molar-refractivity contribution in [1.82, 2.24) is 4.72 Å². The minimum atomic E-state index is -3.80. The van der Waals surface area contributed by atoms with Crippen LogP contribution in [0.5, 0.6) is 5.75 Å². The lowest BCUT2D eigenvalue weighted by Crippen LogP contribution is -2.27. The molecule has 0 aliphatic carbocycles. The van der Waals surface area contributed by atoms with Gasteiger partial charge in [0, 0.05) is 6.04 Å². The number of carbonyl (C=O) groups is 1. The fourth-order valence-electron chi connectivity index (χ4n) is 2.34. The molecule has 1 atom stereocenters. The van der Waals surface area contributed by atoms with Crippen molar-refractivity contribution < 1.29 is 22.7 Å². The number of amides is 1. The van der Waals surface area contributed by atoms with Crippen LogP contribution in [0.3, 0.4) is 0 Å². The second-order valence-electron chi connectivity index (χ2n) is 5.46. The summed E-state index contributed by atoms with van der Waals surface area (Å²) in [6, 6.07) is 13.0. The zero-order chi connectivity index (χ0) is 19.2. The van der Waals surface area contributed by atoms with E-state index in [9.17, 15) is 13.2 Å². The first kappa shape index (κ1) is 19.7. The van der Waals surface area contributed by atoms with E-state index in [1.54, 1.807) is 13.8 Å². The second kappa shape index (κ2) is 8.68. The number of anilines is 1. The Morgan fingerprint density at radius 3 is 2.46 bits per heavy atom. The minimum absolute atomic E-state index is 0.00730. The average Bonchev–Trinajstić information content (AvgIpc) is 2.62. The summed E-state index contributed by atoms with van der Waals surface area (Å²) >= 11 is 0. The highest BCUT2D eigenvalue weighted by atomic mass is 32.2. The molecule has 26 heavy (non-hydrogen) atoms. The van der Waals surface area contributed by atoms with Crippen LogP contribution in [0.4, 0.5) is 10.5 Å². The number of carbonyl (C=O) groups excluding carboxylic acids is 1. The van der Waals surface area contributed by atoms with Gasteiger partial charge in [-0.3, -0.25) is 5.32 Å². The van der Waals surface area contributed by atoms with Crippen LogP contribution in [0.2, 0.25) is 0 Å². The van der Waals surface area contributed by atoms with E-state index in [0.29, 0.717) is 5.75 Å². The van der Waals surface area contributed by atoms with Crippen LogP contribution in [0.1, 0.15) is 25.5 Å². The predicted molar refractivity (Wildman–Crippen MR) is 98.8 cm³/mol. The molecule has 0 aliphatic rings. The van der Waals surface area contributed by atoms with E-state index in [1.165, 1.54) is 25.3 Å². The number of nitrogens with one attached hydrogen (secondary N) is 2. The molecule has 2 N–H and O–H groups in total. The zero-order valence-corrected chi connectivity index (χ0v) is 15.7. The van der Waals surface area contributed by atoms with E-state index < -0.39 is 22.2 Å². The number of rotatable bonds is 7. The van der Waals surface area contributed by atoms with E-state index in [0.717, 1.165) is 5.56 Å². The van der Waals surface area contributed by atoms with Gasteiger partial charge in [-0.05, 0) is 37.6 Å². The van der Waals surface area contributed by atoms with Gasteiger partial charge in [-0.2, -0.15) is 0 Å². The van der Waals surface area contributed by atoms with Crippen molar-refractivity contribution in [3.05, 3.63) is 54.1 Å². The highest BCUT2D eigenvalue weighted by molar-refractivity contribution is 7.89. The molecule has 0 aliphatic heterocycles. The van der Waals surface area contributed by atoms with Gasteiger partial charge in [0.15, 0.2) is 0 Å². The molecular weight excluding hydrogens is 356 g/mol. The molecule has 0 unspecified atom stereocenters. The van der Waals surface area contributed by atoms with Gasteiger partial charge in [0.1, 0.15) is 5.75 Å². The third-order valence-electron chi connectivity index (χ3n) is 3.62. The summed E-state index contributed by atoms with van der Waals surface area (Å²) in [5, 5.41) is 2.48. The first-order valence-electron chi connectivity index (χ1n) is 8.06. The smallest absolute Gasteiger partial charge is 0.411 e. The first-order chi connectivity index (χ1) is 12.4.